The van der Waals surface area contributed by atoms with Crippen molar-refractivity contribution in [2.75, 3.05) is 0 Å². The molecule has 1 aromatic heterocycles. The molecule has 0 saturated heterocycles. The van der Waals surface area contributed by atoms with Crippen LogP contribution in [0, 0.1) is 13.8 Å². The fourth-order valence-electron chi connectivity index (χ4n) is 0.925. The maximum Gasteiger partial charge on any atom is 0.337 e. The van der Waals surface area contributed by atoms with E-state index in [4.69, 9.17) is 5.11 Å². The number of aromatic nitrogens is 2. The second-order valence-electron chi connectivity index (χ2n) is 2.29. The van der Waals surface area contributed by atoms with Crippen molar-refractivity contribution >= 4 is 5.97 Å². The van der Waals surface area contributed by atoms with Gasteiger partial charge in [0, 0.05) is 0 Å². The van der Waals surface area contributed by atoms with Crippen LogP contribution in [0.3, 0.4) is 0 Å². The number of hydrogen-bond donors (Lipinski definition) is 1. The van der Waals surface area contributed by atoms with Gasteiger partial charge in [-0.2, -0.15) is 10.2 Å². The van der Waals surface area contributed by atoms with E-state index in [1.807, 2.05) is 0 Å². The van der Waals surface area contributed by atoms with Gasteiger partial charge in [0.05, 0.1) is 17.5 Å². The third kappa shape index (κ3) is 1.34. The van der Waals surface area contributed by atoms with Crippen LogP contribution in [-0.4, -0.2) is 21.3 Å². The molecule has 0 atom stereocenters. The molecule has 1 N–H and O–H groups in total. The van der Waals surface area contributed by atoms with Crippen molar-refractivity contribution in [3.63, 3.8) is 0 Å². The van der Waals surface area contributed by atoms with E-state index in [1.54, 1.807) is 13.8 Å². The standard InChI is InChI=1S/C7H8N2O2/c1-4-3-8-9-5(2)6(4)7(10)11/h3H,1-2H3,(H,10,11). The van der Waals surface area contributed by atoms with Crippen molar-refractivity contribution < 1.29 is 9.90 Å². The Hall–Kier alpha value is -1.45. The lowest BCUT2D eigenvalue weighted by molar-refractivity contribution is 0.0694. The van der Waals surface area contributed by atoms with E-state index in [1.165, 1.54) is 6.20 Å². The number of carboxylic acid groups (broad SMARTS) is 1. The molecule has 1 heterocycles. The third-order valence-electron chi connectivity index (χ3n) is 1.43. The van der Waals surface area contributed by atoms with Gasteiger partial charge in [-0.05, 0) is 19.4 Å². The molecule has 0 bridgehead atoms. The van der Waals surface area contributed by atoms with Gasteiger partial charge in [-0.15, -0.1) is 0 Å². The molecule has 0 unspecified atom stereocenters. The Balaban J connectivity index is 3.32. The molecule has 1 aromatic rings. The second-order valence-corrected chi connectivity index (χ2v) is 2.29. The summed E-state index contributed by atoms with van der Waals surface area (Å²) >= 11 is 0. The summed E-state index contributed by atoms with van der Waals surface area (Å²) in [7, 11) is 0. The molecule has 0 aliphatic heterocycles. The fraction of sp³-hybridized carbons (Fsp3) is 0.286. The highest BCUT2D eigenvalue weighted by Crippen LogP contribution is 2.07. The molecular formula is C7H8N2O2. The number of aryl methyl sites for hydroxylation is 2. The summed E-state index contributed by atoms with van der Waals surface area (Å²) in [4.78, 5) is 10.6. The van der Waals surface area contributed by atoms with Crippen LogP contribution in [0.5, 0.6) is 0 Å². The number of rotatable bonds is 1. The average Bonchev–Trinajstić information content (AvgIpc) is 1.85. The molecule has 0 aliphatic rings. The van der Waals surface area contributed by atoms with E-state index in [2.05, 4.69) is 10.2 Å². The quantitative estimate of drug-likeness (QED) is 0.646. The zero-order chi connectivity index (χ0) is 8.43. The molecule has 1 rings (SSSR count). The van der Waals surface area contributed by atoms with Gasteiger partial charge in [0.2, 0.25) is 0 Å². The summed E-state index contributed by atoms with van der Waals surface area (Å²) in [5.74, 6) is -0.949. The molecule has 11 heavy (non-hydrogen) atoms. The van der Waals surface area contributed by atoms with Gasteiger partial charge in [-0.1, -0.05) is 0 Å². The molecule has 4 nitrogen and oxygen atoms in total. The lowest BCUT2D eigenvalue weighted by atomic mass is 10.1. The molecule has 0 amide bonds. The van der Waals surface area contributed by atoms with Crippen molar-refractivity contribution in [3.8, 4) is 0 Å². The van der Waals surface area contributed by atoms with E-state index in [0.717, 1.165) is 0 Å². The first-order valence-corrected chi connectivity index (χ1v) is 3.15. The predicted molar refractivity (Wildman–Crippen MR) is 38.5 cm³/mol. The zero-order valence-electron chi connectivity index (χ0n) is 6.33. The molecule has 0 aromatic carbocycles. The summed E-state index contributed by atoms with van der Waals surface area (Å²) in [6, 6.07) is 0. The molecule has 0 spiro atoms. The van der Waals surface area contributed by atoms with Crippen LogP contribution in [0.15, 0.2) is 6.20 Å². The minimum Gasteiger partial charge on any atom is -0.478 e. The maximum atomic E-state index is 10.6. The Morgan fingerprint density at radius 3 is 2.55 bits per heavy atom. The van der Waals surface area contributed by atoms with E-state index < -0.39 is 5.97 Å². The highest BCUT2D eigenvalue weighted by atomic mass is 16.4. The minimum absolute atomic E-state index is 0.250. The molecule has 58 valence electrons. The zero-order valence-corrected chi connectivity index (χ0v) is 6.33. The van der Waals surface area contributed by atoms with Crippen LogP contribution in [0.25, 0.3) is 0 Å². The predicted octanol–water partition coefficient (Wildman–Crippen LogP) is 0.792. The summed E-state index contributed by atoms with van der Waals surface area (Å²) in [6.07, 6.45) is 1.44. The number of hydrogen-bond acceptors (Lipinski definition) is 3. The van der Waals surface area contributed by atoms with Crippen LogP contribution >= 0.6 is 0 Å². The van der Waals surface area contributed by atoms with E-state index in [0.29, 0.717) is 11.3 Å². The fourth-order valence-corrected chi connectivity index (χ4v) is 0.925. The van der Waals surface area contributed by atoms with Gasteiger partial charge >= 0.3 is 5.97 Å². The monoisotopic (exact) mass is 152 g/mol. The Morgan fingerprint density at radius 2 is 2.18 bits per heavy atom. The Kier molecular flexibility index (Phi) is 1.85. The Labute approximate surface area is 63.9 Å². The van der Waals surface area contributed by atoms with Crippen molar-refractivity contribution in [1.29, 1.82) is 0 Å². The van der Waals surface area contributed by atoms with Gasteiger partial charge in [0.25, 0.3) is 0 Å². The van der Waals surface area contributed by atoms with Crippen LogP contribution in [0.4, 0.5) is 0 Å². The highest BCUT2D eigenvalue weighted by molar-refractivity contribution is 5.90. The summed E-state index contributed by atoms with van der Waals surface area (Å²) in [5.41, 5.74) is 1.35. The van der Waals surface area contributed by atoms with Crippen molar-refractivity contribution in [1.82, 2.24) is 10.2 Å². The normalized spacial score (nSPS) is 9.64. The molecular weight excluding hydrogens is 144 g/mol. The smallest absolute Gasteiger partial charge is 0.337 e. The van der Waals surface area contributed by atoms with Gasteiger partial charge in [-0.25, -0.2) is 4.79 Å². The summed E-state index contributed by atoms with van der Waals surface area (Å²) in [6.45, 7) is 3.33. The topological polar surface area (TPSA) is 63.1 Å². The van der Waals surface area contributed by atoms with Gasteiger partial charge < -0.3 is 5.11 Å². The van der Waals surface area contributed by atoms with Crippen LogP contribution in [-0.2, 0) is 0 Å². The van der Waals surface area contributed by atoms with Crippen LogP contribution < -0.4 is 0 Å². The van der Waals surface area contributed by atoms with E-state index in [-0.39, 0.29) is 5.56 Å². The second kappa shape index (κ2) is 2.65. The SMILES string of the molecule is Cc1cnnc(C)c1C(=O)O. The van der Waals surface area contributed by atoms with Crippen molar-refractivity contribution in [3.05, 3.63) is 23.0 Å². The molecule has 0 radical (unpaired) electrons. The van der Waals surface area contributed by atoms with Crippen molar-refractivity contribution in [2.45, 2.75) is 13.8 Å². The summed E-state index contributed by atoms with van der Waals surface area (Å²) in [5, 5.41) is 15.9. The molecule has 0 saturated carbocycles. The highest BCUT2D eigenvalue weighted by Gasteiger charge is 2.10. The maximum absolute atomic E-state index is 10.6. The summed E-state index contributed by atoms with van der Waals surface area (Å²) < 4.78 is 0. The number of aromatic carboxylic acids is 1. The van der Waals surface area contributed by atoms with E-state index in [9.17, 15) is 4.79 Å². The first-order chi connectivity index (χ1) is 5.13. The lowest BCUT2D eigenvalue weighted by Gasteiger charge is -2.00. The average molecular weight is 152 g/mol. The lowest BCUT2D eigenvalue weighted by Crippen LogP contribution is -2.05. The Bertz CT molecular complexity index is 276. The largest absolute Gasteiger partial charge is 0.478 e. The van der Waals surface area contributed by atoms with Crippen LogP contribution in [0.1, 0.15) is 21.6 Å². The van der Waals surface area contributed by atoms with Gasteiger partial charge in [0.1, 0.15) is 0 Å². The molecule has 0 aliphatic carbocycles. The molecule has 4 heteroatoms. The number of carbonyl (C=O) groups is 1. The number of nitrogens with zero attached hydrogens (tertiary/aromatic N) is 2. The first-order valence-electron chi connectivity index (χ1n) is 3.15. The third-order valence-corrected chi connectivity index (χ3v) is 1.43. The van der Waals surface area contributed by atoms with E-state index >= 15 is 0 Å². The van der Waals surface area contributed by atoms with Gasteiger partial charge in [-0.3, -0.25) is 0 Å². The Morgan fingerprint density at radius 1 is 1.55 bits per heavy atom. The first kappa shape index (κ1) is 7.65. The van der Waals surface area contributed by atoms with Crippen LogP contribution in [0.2, 0.25) is 0 Å². The minimum atomic E-state index is -0.949. The molecule has 0 fully saturated rings. The van der Waals surface area contributed by atoms with Gasteiger partial charge in [0.15, 0.2) is 0 Å². The number of carboxylic acids is 1. The van der Waals surface area contributed by atoms with Crippen molar-refractivity contribution in [2.24, 2.45) is 0 Å².